The minimum atomic E-state index is -0.283. The van der Waals surface area contributed by atoms with Crippen LogP contribution in [0.4, 0.5) is 0 Å². The Kier molecular flexibility index (Phi) is 5.11. The molecular weight excluding hydrogens is 346 g/mol. The molecule has 2 atom stereocenters. The third-order valence-corrected chi connectivity index (χ3v) is 5.60. The lowest BCUT2D eigenvalue weighted by Crippen LogP contribution is -2.56. The third kappa shape index (κ3) is 3.83. The zero-order chi connectivity index (χ0) is 18.8. The van der Waals surface area contributed by atoms with Crippen LogP contribution >= 0.6 is 0 Å². The lowest BCUT2D eigenvalue weighted by molar-refractivity contribution is -0.154. The number of benzene rings is 1. The Morgan fingerprint density at radius 2 is 1.96 bits per heavy atom. The second-order valence-corrected chi connectivity index (χ2v) is 7.48. The van der Waals surface area contributed by atoms with E-state index >= 15 is 0 Å². The van der Waals surface area contributed by atoms with E-state index in [1.807, 2.05) is 12.1 Å². The number of rotatable bonds is 5. The summed E-state index contributed by atoms with van der Waals surface area (Å²) < 4.78 is 5.51. The maximum atomic E-state index is 12.6. The Labute approximate surface area is 158 Å². The summed E-state index contributed by atoms with van der Waals surface area (Å²) in [4.78, 5) is 40.4. The first-order valence-electron chi connectivity index (χ1n) is 9.69. The highest BCUT2D eigenvalue weighted by atomic mass is 16.5. The van der Waals surface area contributed by atoms with Gasteiger partial charge in [0.2, 0.25) is 11.8 Å². The molecule has 3 heterocycles. The van der Waals surface area contributed by atoms with Crippen LogP contribution in [-0.4, -0.2) is 65.9 Å². The number of piperazine rings is 1. The molecule has 27 heavy (non-hydrogen) atoms. The van der Waals surface area contributed by atoms with E-state index in [0.29, 0.717) is 25.2 Å². The maximum Gasteiger partial charge on any atom is 0.251 e. The van der Waals surface area contributed by atoms with E-state index in [9.17, 15) is 14.4 Å². The average Bonchev–Trinajstić information content (AvgIpc) is 3.36. The van der Waals surface area contributed by atoms with Crippen LogP contribution in [0.15, 0.2) is 24.3 Å². The zero-order valence-corrected chi connectivity index (χ0v) is 15.4. The fourth-order valence-corrected chi connectivity index (χ4v) is 4.09. The van der Waals surface area contributed by atoms with E-state index in [1.165, 1.54) is 0 Å². The topological polar surface area (TPSA) is 79.0 Å². The maximum absolute atomic E-state index is 12.6. The molecule has 0 bridgehead atoms. The quantitative estimate of drug-likeness (QED) is 0.835. The number of carbonyl (C=O) groups excluding carboxylic acids is 3. The second-order valence-electron chi connectivity index (χ2n) is 7.48. The van der Waals surface area contributed by atoms with Gasteiger partial charge in [0.15, 0.2) is 0 Å². The van der Waals surface area contributed by atoms with Crippen LogP contribution in [0.25, 0.3) is 0 Å². The van der Waals surface area contributed by atoms with Gasteiger partial charge in [0.25, 0.3) is 5.91 Å². The summed E-state index contributed by atoms with van der Waals surface area (Å²) in [6, 6.07) is 6.94. The summed E-state index contributed by atoms with van der Waals surface area (Å²) in [6.07, 6.45) is 3.80. The fourth-order valence-electron chi connectivity index (χ4n) is 4.09. The normalized spacial score (nSPS) is 25.0. The Balaban J connectivity index is 1.34. The largest absolute Gasteiger partial charge is 0.376 e. The van der Waals surface area contributed by atoms with E-state index in [2.05, 4.69) is 5.32 Å². The second kappa shape index (κ2) is 7.68. The molecule has 1 aromatic rings. The molecule has 144 valence electrons. The van der Waals surface area contributed by atoms with Crippen molar-refractivity contribution in [2.45, 2.75) is 44.4 Å². The number of fused-ring (bicyclic) bond motifs is 1. The Morgan fingerprint density at radius 1 is 1.15 bits per heavy atom. The van der Waals surface area contributed by atoms with Crippen LogP contribution in [0.3, 0.4) is 0 Å². The summed E-state index contributed by atoms with van der Waals surface area (Å²) >= 11 is 0. The first-order valence-corrected chi connectivity index (χ1v) is 9.69. The summed E-state index contributed by atoms with van der Waals surface area (Å²) in [5.74, 6) is -0.0596. The minimum absolute atomic E-state index is 0.0298. The first-order chi connectivity index (χ1) is 13.1. The number of carbonyl (C=O) groups is 3. The Bertz CT molecular complexity index is 727. The van der Waals surface area contributed by atoms with Crippen LogP contribution in [0.2, 0.25) is 0 Å². The van der Waals surface area contributed by atoms with Gasteiger partial charge in [-0.25, -0.2) is 0 Å². The van der Waals surface area contributed by atoms with E-state index in [-0.39, 0.29) is 36.4 Å². The van der Waals surface area contributed by atoms with Gasteiger partial charge in [0, 0.05) is 31.8 Å². The molecule has 3 fully saturated rings. The van der Waals surface area contributed by atoms with Gasteiger partial charge in [-0.1, -0.05) is 12.1 Å². The molecule has 3 saturated heterocycles. The van der Waals surface area contributed by atoms with Crippen molar-refractivity contribution in [3.8, 4) is 0 Å². The molecular formula is C20H25N3O4. The van der Waals surface area contributed by atoms with E-state index in [0.717, 1.165) is 37.9 Å². The Morgan fingerprint density at radius 3 is 2.70 bits per heavy atom. The molecule has 7 heteroatoms. The van der Waals surface area contributed by atoms with Gasteiger partial charge in [-0.15, -0.1) is 0 Å². The van der Waals surface area contributed by atoms with Crippen molar-refractivity contribution < 1.29 is 19.1 Å². The fraction of sp³-hybridized carbons (Fsp3) is 0.550. The Hall–Kier alpha value is -2.41. The van der Waals surface area contributed by atoms with Crippen molar-refractivity contribution in [1.29, 1.82) is 0 Å². The SMILES string of the molecule is O=C(NC[C@H]1CCCO1)c1ccc(CN2CC(=O)N3CCC[C@H]3C2=O)cc1. The van der Waals surface area contributed by atoms with Gasteiger partial charge < -0.3 is 19.9 Å². The number of nitrogens with one attached hydrogen (secondary N) is 1. The van der Waals surface area contributed by atoms with Crippen molar-refractivity contribution in [1.82, 2.24) is 15.1 Å². The molecule has 7 nitrogen and oxygen atoms in total. The first kappa shape index (κ1) is 18.0. The molecule has 1 aromatic carbocycles. The third-order valence-electron chi connectivity index (χ3n) is 5.60. The van der Waals surface area contributed by atoms with Crippen molar-refractivity contribution in [3.05, 3.63) is 35.4 Å². The molecule has 4 rings (SSSR count). The minimum Gasteiger partial charge on any atom is -0.376 e. The molecule has 3 amide bonds. The lowest BCUT2D eigenvalue weighted by Gasteiger charge is -2.36. The molecule has 0 aromatic heterocycles. The van der Waals surface area contributed by atoms with Gasteiger partial charge in [-0.05, 0) is 43.4 Å². The van der Waals surface area contributed by atoms with Crippen LogP contribution in [-0.2, 0) is 20.9 Å². The summed E-state index contributed by atoms with van der Waals surface area (Å²) in [7, 11) is 0. The van der Waals surface area contributed by atoms with Crippen LogP contribution in [0.1, 0.15) is 41.6 Å². The van der Waals surface area contributed by atoms with E-state index < -0.39 is 0 Å². The van der Waals surface area contributed by atoms with Gasteiger partial charge in [0.05, 0.1) is 6.10 Å². The standard InChI is InChI=1S/C20H25N3O4/c24-18-13-22(20(26)17-4-1-9-23(17)18)12-14-5-7-15(8-6-14)19(25)21-11-16-3-2-10-27-16/h5-8,16-17H,1-4,9-13H2,(H,21,25)/t16-,17+/m1/s1. The highest BCUT2D eigenvalue weighted by Crippen LogP contribution is 2.24. The number of nitrogens with zero attached hydrogens (tertiary/aromatic N) is 2. The van der Waals surface area contributed by atoms with Crippen molar-refractivity contribution in [2.75, 3.05) is 26.2 Å². The zero-order valence-electron chi connectivity index (χ0n) is 15.4. The molecule has 3 aliphatic heterocycles. The van der Waals surface area contributed by atoms with Crippen molar-refractivity contribution >= 4 is 17.7 Å². The number of hydrogen-bond donors (Lipinski definition) is 1. The average molecular weight is 371 g/mol. The van der Waals surface area contributed by atoms with Crippen LogP contribution in [0.5, 0.6) is 0 Å². The van der Waals surface area contributed by atoms with Gasteiger partial charge in [0.1, 0.15) is 12.6 Å². The lowest BCUT2D eigenvalue weighted by atomic mass is 10.1. The summed E-state index contributed by atoms with van der Waals surface area (Å²) in [5.41, 5.74) is 1.50. The van der Waals surface area contributed by atoms with E-state index in [1.54, 1.807) is 21.9 Å². The van der Waals surface area contributed by atoms with Crippen LogP contribution < -0.4 is 5.32 Å². The predicted octanol–water partition coefficient (Wildman–Crippen LogP) is 0.929. The molecule has 3 aliphatic rings. The van der Waals surface area contributed by atoms with Gasteiger partial charge >= 0.3 is 0 Å². The van der Waals surface area contributed by atoms with E-state index in [4.69, 9.17) is 4.74 Å². The predicted molar refractivity (Wildman–Crippen MR) is 97.9 cm³/mol. The highest BCUT2D eigenvalue weighted by molar-refractivity contribution is 5.95. The smallest absolute Gasteiger partial charge is 0.251 e. The van der Waals surface area contributed by atoms with Gasteiger partial charge in [-0.2, -0.15) is 0 Å². The number of hydrogen-bond acceptors (Lipinski definition) is 4. The number of amides is 3. The molecule has 0 unspecified atom stereocenters. The molecule has 0 spiro atoms. The monoisotopic (exact) mass is 371 g/mol. The highest BCUT2D eigenvalue weighted by Gasteiger charge is 2.41. The molecule has 0 radical (unpaired) electrons. The van der Waals surface area contributed by atoms with Crippen LogP contribution in [0, 0.1) is 0 Å². The molecule has 0 saturated carbocycles. The number of ether oxygens (including phenoxy) is 1. The summed E-state index contributed by atoms with van der Waals surface area (Å²) in [6.45, 7) is 2.53. The van der Waals surface area contributed by atoms with Crippen molar-refractivity contribution in [3.63, 3.8) is 0 Å². The molecule has 1 N–H and O–H groups in total. The molecule has 0 aliphatic carbocycles. The van der Waals surface area contributed by atoms with Crippen molar-refractivity contribution in [2.24, 2.45) is 0 Å². The van der Waals surface area contributed by atoms with Gasteiger partial charge in [-0.3, -0.25) is 14.4 Å². The summed E-state index contributed by atoms with van der Waals surface area (Å²) in [5, 5.41) is 2.90.